The quantitative estimate of drug-likeness (QED) is 0.0941. The second-order valence-corrected chi connectivity index (χ2v) is 18.6. The first kappa shape index (κ1) is 43.7. The van der Waals surface area contributed by atoms with Crippen molar-refractivity contribution >= 4 is 39.6 Å². The summed E-state index contributed by atoms with van der Waals surface area (Å²) >= 11 is 0. The Morgan fingerprint density at radius 3 is 1.20 bits per heavy atom. The molecule has 6 aromatic rings. The van der Waals surface area contributed by atoms with E-state index >= 15 is 0 Å². The zero-order valence-electron chi connectivity index (χ0n) is 39.2. The number of methoxy groups -OCH3 is 4. The second kappa shape index (κ2) is 17.4. The molecule has 4 aliphatic heterocycles. The summed E-state index contributed by atoms with van der Waals surface area (Å²) < 4.78 is 72.9. The average molecular weight is 951 g/mol. The maximum atomic E-state index is 14.8. The number of carbonyl (C=O) groups is 3. The maximum Gasteiger partial charge on any atom is 0.519 e. The summed E-state index contributed by atoms with van der Waals surface area (Å²) in [5.41, 5.74) is 3.42. The number of carbonyl (C=O) groups excluding carboxylic acids is 3. The Labute approximate surface area is 402 Å². The predicted molar refractivity (Wildman–Crippen MR) is 253 cm³/mol. The van der Waals surface area contributed by atoms with Crippen molar-refractivity contribution in [3.05, 3.63) is 82.9 Å². The number of benzene rings is 6. The van der Waals surface area contributed by atoms with E-state index in [-0.39, 0.29) is 36.5 Å². The van der Waals surface area contributed by atoms with Crippen LogP contribution in [0, 0.1) is 11.8 Å². The van der Waals surface area contributed by atoms with E-state index in [0.717, 1.165) is 75.0 Å². The molecule has 0 saturated heterocycles. The smallest absolute Gasteiger partial charge is 0.493 e. The summed E-state index contributed by atoms with van der Waals surface area (Å²) in [6.45, 7) is 0.0765. The molecule has 4 heterocycles. The van der Waals surface area contributed by atoms with Gasteiger partial charge in [0.05, 0.1) is 39.6 Å². The van der Waals surface area contributed by atoms with E-state index in [9.17, 15) is 14.4 Å². The van der Waals surface area contributed by atoms with Crippen LogP contribution in [0.4, 0.5) is 4.79 Å². The molecule has 0 bridgehead atoms. The molecule has 12 rings (SSSR count). The van der Waals surface area contributed by atoms with Crippen molar-refractivity contribution in [2.24, 2.45) is 11.8 Å². The lowest BCUT2D eigenvalue weighted by molar-refractivity contribution is -0.0176. The van der Waals surface area contributed by atoms with Gasteiger partial charge in [-0.2, -0.15) is 0 Å². The molecule has 0 amide bonds. The van der Waals surface area contributed by atoms with Crippen molar-refractivity contribution < 1.29 is 71.2 Å². The molecule has 2 saturated carbocycles. The highest BCUT2D eigenvalue weighted by atomic mass is 16.7. The minimum absolute atomic E-state index is 0.0203. The van der Waals surface area contributed by atoms with Crippen LogP contribution in [0.15, 0.2) is 60.7 Å². The zero-order chi connectivity index (χ0) is 47.8. The van der Waals surface area contributed by atoms with Gasteiger partial charge in [-0.3, -0.25) is 0 Å². The fraction of sp³-hybridized carbons (Fsp3) is 0.364. The Morgan fingerprint density at radius 1 is 0.443 bits per heavy atom. The Morgan fingerprint density at radius 2 is 0.814 bits per heavy atom. The Bertz CT molecular complexity index is 2950. The van der Waals surface area contributed by atoms with Crippen molar-refractivity contribution in [1.82, 2.24) is 0 Å². The van der Waals surface area contributed by atoms with Crippen LogP contribution in [0.25, 0.3) is 43.8 Å². The molecule has 360 valence electrons. The molecule has 2 unspecified atom stereocenters. The zero-order valence-corrected chi connectivity index (χ0v) is 39.2. The molecule has 6 aliphatic rings. The molecule has 0 spiro atoms. The van der Waals surface area contributed by atoms with E-state index in [1.54, 1.807) is 50.6 Å². The summed E-state index contributed by atoms with van der Waals surface area (Å²) in [6.07, 6.45) is 8.12. The Balaban J connectivity index is 1.01. The lowest BCUT2D eigenvalue weighted by Gasteiger charge is -2.25. The fourth-order valence-corrected chi connectivity index (χ4v) is 11.2. The summed E-state index contributed by atoms with van der Waals surface area (Å²) in [4.78, 5) is 42.4. The third kappa shape index (κ3) is 7.35. The van der Waals surface area contributed by atoms with Crippen LogP contribution in [0.2, 0.25) is 0 Å². The molecule has 6 aromatic carbocycles. The van der Waals surface area contributed by atoms with Crippen molar-refractivity contribution in [2.75, 3.05) is 28.4 Å². The standard InChI is InChI=1S/C55H50O15/c1-59-39-17-29-15-31-25-63-51(56)47(31)49(33(29)19-41(39)61-3)35-21-43-45(67-53(65-43)27-11-7-5-8-12-27)23-37(35)69-55(58)70-38-24-46-44(66-54(68-46)28-13-9-6-10-14-28)22-36(38)50-34-20-42(62-4)40(60-2)18-30(34)16-32-26-64-52(57)48(32)50/h15-24,27-28,53-54H,5-14,25-26H2,1-4H3. The molecule has 2 atom stereocenters. The van der Waals surface area contributed by atoms with Gasteiger partial charge in [0.2, 0.25) is 12.6 Å². The van der Waals surface area contributed by atoms with E-state index in [2.05, 4.69) is 0 Å². The predicted octanol–water partition coefficient (Wildman–Crippen LogP) is 11.6. The first-order valence-electron chi connectivity index (χ1n) is 23.9. The largest absolute Gasteiger partial charge is 0.519 e. The van der Waals surface area contributed by atoms with E-state index in [1.165, 1.54) is 14.2 Å². The number of cyclic esters (lactones) is 2. The second-order valence-electron chi connectivity index (χ2n) is 18.6. The van der Waals surface area contributed by atoms with Gasteiger partial charge in [-0.25, -0.2) is 14.4 Å². The van der Waals surface area contributed by atoms with Crippen molar-refractivity contribution in [3.8, 4) is 79.7 Å². The monoisotopic (exact) mass is 950 g/mol. The van der Waals surface area contributed by atoms with Gasteiger partial charge in [0.25, 0.3) is 0 Å². The van der Waals surface area contributed by atoms with Gasteiger partial charge in [-0.1, -0.05) is 38.5 Å². The summed E-state index contributed by atoms with van der Waals surface area (Å²) in [5, 5.41) is 2.65. The number of rotatable bonds is 10. The lowest BCUT2D eigenvalue weighted by atomic mass is 9.89. The van der Waals surface area contributed by atoms with Crippen LogP contribution >= 0.6 is 0 Å². The first-order valence-corrected chi connectivity index (χ1v) is 23.9. The molecule has 0 radical (unpaired) electrons. The van der Waals surface area contributed by atoms with Gasteiger partial charge in [0.15, 0.2) is 46.0 Å². The summed E-state index contributed by atoms with van der Waals surface area (Å²) in [7, 11) is 6.17. The van der Waals surface area contributed by atoms with Gasteiger partial charge in [0.1, 0.15) is 24.7 Å². The number of ether oxygens (including phenoxy) is 12. The van der Waals surface area contributed by atoms with Crippen molar-refractivity contribution in [3.63, 3.8) is 0 Å². The van der Waals surface area contributed by atoms with E-state index in [1.807, 2.05) is 24.3 Å². The highest BCUT2D eigenvalue weighted by molar-refractivity contribution is 6.14. The van der Waals surface area contributed by atoms with E-state index < -0.39 is 30.7 Å². The molecule has 70 heavy (non-hydrogen) atoms. The third-order valence-electron chi connectivity index (χ3n) is 14.6. The summed E-state index contributed by atoms with van der Waals surface area (Å²) in [5.74, 6) is 2.67. The number of esters is 2. The first-order chi connectivity index (χ1) is 34.2. The molecular weight excluding hydrogens is 901 g/mol. The normalized spacial score (nSPS) is 19.1. The van der Waals surface area contributed by atoms with Crippen molar-refractivity contribution in [1.29, 1.82) is 0 Å². The Kier molecular flexibility index (Phi) is 10.9. The third-order valence-corrected chi connectivity index (χ3v) is 14.6. The van der Waals surface area contributed by atoms with Gasteiger partial charge in [-0.05, 0) is 95.8 Å². The molecule has 2 aliphatic carbocycles. The number of hydrogen-bond donors (Lipinski definition) is 0. The topological polar surface area (TPSA) is 162 Å². The van der Waals surface area contributed by atoms with Crippen LogP contribution in [-0.4, -0.2) is 59.1 Å². The molecule has 0 aromatic heterocycles. The molecule has 15 nitrogen and oxygen atoms in total. The average Bonchev–Trinajstić information content (AvgIpc) is 4.19. The van der Waals surface area contributed by atoms with Crippen LogP contribution in [-0.2, 0) is 22.7 Å². The maximum absolute atomic E-state index is 14.8. The number of hydrogen-bond acceptors (Lipinski definition) is 15. The molecule has 2 fully saturated rings. The minimum atomic E-state index is -1.13. The van der Waals surface area contributed by atoms with Crippen LogP contribution in [0.1, 0.15) is 96.1 Å². The molecule has 15 heteroatoms. The van der Waals surface area contributed by atoms with Crippen LogP contribution in [0.3, 0.4) is 0 Å². The van der Waals surface area contributed by atoms with Gasteiger partial charge in [0, 0.05) is 57.3 Å². The van der Waals surface area contributed by atoms with Crippen LogP contribution in [0.5, 0.6) is 57.5 Å². The highest BCUT2D eigenvalue weighted by Gasteiger charge is 2.39. The fourth-order valence-electron chi connectivity index (χ4n) is 11.2. The summed E-state index contributed by atoms with van der Waals surface area (Å²) in [6, 6.07) is 17.7. The minimum Gasteiger partial charge on any atom is -0.493 e. The SMILES string of the molecule is COc1cc2cc3c(c(-c4cc5c(cc4OC(=O)Oc4cc6c(cc4-c4c7c(cc8cc(OC)c(OC)cc48)COC7=O)OC(C4CCCCC4)O6)OC(C4CCCCC4)O5)c2cc1OC)C(=O)OC3. The highest BCUT2D eigenvalue weighted by Crippen LogP contribution is 2.53. The van der Waals surface area contributed by atoms with Crippen LogP contribution < -0.4 is 47.4 Å². The molecular formula is C55H50O15. The van der Waals surface area contributed by atoms with E-state index in [4.69, 9.17) is 56.8 Å². The number of fused-ring (bicyclic) bond motifs is 6. The van der Waals surface area contributed by atoms with E-state index in [0.29, 0.717) is 101 Å². The Hall–Kier alpha value is -7.55. The van der Waals surface area contributed by atoms with Gasteiger partial charge in [-0.15, -0.1) is 0 Å². The molecule has 0 N–H and O–H groups in total. The van der Waals surface area contributed by atoms with Gasteiger partial charge >= 0.3 is 18.1 Å². The van der Waals surface area contributed by atoms with Crippen molar-refractivity contribution in [2.45, 2.75) is 90.0 Å². The van der Waals surface area contributed by atoms with Gasteiger partial charge < -0.3 is 56.8 Å². The lowest BCUT2D eigenvalue weighted by Crippen LogP contribution is -2.30.